The van der Waals surface area contributed by atoms with E-state index in [4.69, 9.17) is 22.3 Å². The molecule has 1 heterocycles. The number of nitrogen functional groups attached to an aromatic ring is 3. The zero-order chi connectivity index (χ0) is 15.6. The summed E-state index contributed by atoms with van der Waals surface area (Å²) in [6.45, 7) is 0. The number of azo groups is 1. The second kappa shape index (κ2) is 5.30. The van der Waals surface area contributed by atoms with Gasteiger partial charge in [0, 0.05) is 0 Å². The van der Waals surface area contributed by atoms with Crippen LogP contribution in [0.2, 0.25) is 0 Å². The Morgan fingerprint density at radius 2 is 1.43 bits per heavy atom. The van der Waals surface area contributed by atoms with Gasteiger partial charge >= 0.3 is 0 Å². The van der Waals surface area contributed by atoms with E-state index in [-0.39, 0.29) is 28.2 Å². The fourth-order valence-corrected chi connectivity index (χ4v) is 1.94. The lowest BCUT2D eigenvalue weighted by atomic mass is 10.3. The second-order valence-electron chi connectivity index (χ2n) is 3.94. The lowest BCUT2D eigenvalue weighted by Crippen LogP contribution is -2.11. The molecule has 0 spiro atoms. The fraction of sp³-hybridized carbons (Fsp3) is 0. The van der Waals surface area contributed by atoms with Crippen LogP contribution in [-0.2, 0) is 10.0 Å². The standard InChI is InChI=1S/C10H12N8O2S/c11-8-7(9(12)16-10(13)15-8)18-17-5-1-3-6(4-2-5)21(14,19)20/h1-4H,(H2,14,19,20)(H6,11,12,13,15,16). The van der Waals surface area contributed by atoms with E-state index in [1.54, 1.807) is 0 Å². The van der Waals surface area contributed by atoms with Gasteiger partial charge in [0.2, 0.25) is 16.0 Å². The summed E-state index contributed by atoms with van der Waals surface area (Å²) in [5, 5.41) is 12.7. The van der Waals surface area contributed by atoms with Gasteiger partial charge in [-0.3, -0.25) is 0 Å². The summed E-state index contributed by atoms with van der Waals surface area (Å²) in [5.74, 6) is -0.0868. The van der Waals surface area contributed by atoms with E-state index < -0.39 is 10.0 Å². The quantitative estimate of drug-likeness (QED) is 0.585. The first-order valence-electron chi connectivity index (χ1n) is 5.50. The Kier molecular flexibility index (Phi) is 3.69. The van der Waals surface area contributed by atoms with E-state index in [0.29, 0.717) is 5.69 Å². The summed E-state index contributed by atoms with van der Waals surface area (Å²) in [5.41, 5.74) is 17.0. The largest absolute Gasteiger partial charge is 0.382 e. The molecule has 0 aliphatic carbocycles. The number of sulfonamides is 1. The lowest BCUT2D eigenvalue weighted by molar-refractivity contribution is 0.598. The van der Waals surface area contributed by atoms with Crippen LogP contribution in [0.3, 0.4) is 0 Å². The third kappa shape index (κ3) is 3.40. The summed E-state index contributed by atoms with van der Waals surface area (Å²) in [4.78, 5) is 7.38. The van der Waals surface area contributed by atoms with Crippen molar-refractivity contribution in [3.8, 4) is 0 Å². The predicted molar refractivity (Wildman–Crippen MR) is 77.3 cm³/mol. The van der Waals surface area contributed by atoms with Gasteiger partial charge in [0.25, 0.3) is 0 Å². The van der Waals surface area contributed by atoms with Crippen molar-refractivity contribution in [3.05, 3.63) is 24.3 Å². The van der Waals surface area contributed by atoms with Crippen LogP contribution >= 0.6 is 0 Å². The van der Waals surface area contributed by atoms with E-state index in [1.165, 1.54) is 24.3 Å². The van der Waals surface area contributed by atoms with Gasteiger partial charge < -0.3 is 17.2 Å². The molecule has 110 valence electrons. The number of primary sulfonamides is 1. The van der Waals surface area contributed by atoms with Crippen LogP contribution in [0.5, 0.6) is 0 Å². The first-order valence-corrected chi connectivity index (χ1v) is 7.05. The molecule has 0 aliphatic heterocycles. The number of rotatable bonds is 3. The monoisotopic (exact) mass is 308 g/mol. The van der Waals surface area contributed by atoms with Crippen molar-refractivity contribution in [2.75, 3.05) is 17.2 Å². The van der Waals surface area contributed by atoms with Crippen LogP contribution < -0.4 is 22.3 Å². The molecule has 0 fully saturated rings. The molecule has 0 saturated heterocycles. The molecular weight excluding hydrogens is 296 g/mol. The van der Waals surface area contributed by atoms with Crippen molar-refractivity contribution in [1.82, 2.24) is 9.97 Å². The van der Waals surface area contributed by atoms with Gasteiger partial charge in [0.05, 0.1) is 10.6 Å². The van der Waals surface area contributed by atoms with Gasteiger partial charge in [-0.2, -0.15) is 15.1 Å². The van der Waals surface area contributed by atoms with Gasteiger partial charge in [-0.25, -0.2) is 13.6 Å². The Morgan fingerprint density at radius 3 is 1.90 bits per heavy atom. The molecule has 0 bridgehead atoms. The highest BCUT2D eigenvalue weighted by Gasteiger charge is 2.09. The lowest BCUT2D eigenvalue weighted by Gasteiger charge is -2.02. The molecule has 2 rings (SSSR count). The third-order valence-electron chi connectivity index (χ3n) is 2.39. The smallest absolute Gasteiger partial charge is 0.238 e. The normalized spacial score (nSPS) is 11.9. The Labute approximate surface area is 119 Å². The van der Waals surface area contributed by atoms with E-state index in [1.807, 2.05) is 0 Å². The minimum Gasteiger partial charge on any atom is -0.382 e. The number of hydrogen-bond donors (Lipinski definition) is 4. The number of benzene rings is 1. The molecular formula is C10H12N8O2S. The summed E-state index contributed by atoms with van der Waals surface area (Å²) in [6.07, 6.45) is 0. The van der Waals surface area contributed by atoms with Crippen LogP contribution in [0, 0.1) is 0 Å². The minimum absolute atomic E-state index is 0.00935. The summed E-state index contributed by atoms with van der Waals surface area (Å²) >= 11 is 0. The summed E-state index contributed by atoms with van der Waals surface area (Å²) < 4.78 is 22.2. The number of aromatic nitrogens is 2. The zero-order valence-electron chi connectivity index (χ0n) is 10.6. The molecule has 11 heteroatoms. The van der Waals surface area contributed by atoms with Crippen LogP contribution in [0.4, 0.5) is 29.0 Å². The average Bonchev–Trinajstić information content (AvgIpc) is 2.37. The van der Waals surface area contributed by atoms with Crippen molar-refractivity contribution >= 4 is 39.0 Å². The highest BCUT2D eigenvalue weighted by molar-refractivity contribution is 7.89. The first-order chi connectivity index (χ1) is 9.77. The van der Waals surface area contributed by atoms with Crippen molar-refractivity contribution < 1.29 is 8.42 Å². The molecule has 0 atom stereocenters. The van der Waals surface area contributed by atoms with Crippen molar-refractivity contribution in [1.29, 1.82) is 0 Å². The summed E-state index contributed by atoms with van der Waals surface area (Å²) in [7, 11) is -3.75. The van der Waals surface area contributed by atoms with Crippen LogP contribution in [-0.4, -0.2) is 18.4 Å². The van der Waals surface area contributed by atoms with Gasteiger partial charge in [-0.15, -0.1) is 5.11 Å². The van der Waals surface area contributed by atoms with E-state index in [0.717, 1.165) is 0 Å². The number of anilines is 3. The number of nitrogens with two attached hydrogens (primary N) is 4. The maximum absolute atomic E-state index is 11.1. The first kappa shape index (κ1) is 14.6. The minimum atomic E-state index is -3.75. The van der Waals surface area contributed by atoms with Crippen LogP contribution in [0.25, 0.3) is 0 Å². The maximum atomic E-state index is 11.1. The molecule has 0 saturated carbocycles. The average molecular weight is 308 g/mol. The molecule has 21 heavy (non-hydrogen) atoms. The van der Waals surface area contributed by atoms with Crippen molar-refractivity contribution in [2.24, 2.45) is 15.4 Å². The van der Waals surface area contributed by atoms with Crippen LogP contribution in [0.15, 0.2) is 39.4 Å². The second-order valence-corrected chi connectivity index (χ2v) is 5.50. The highest BCUT2D eigenvalue weighted by Crippen LogP contribution is 2.28. The van der Waals surface area contributed by atoms with Gasteiger partial charge in [0.1, 0.15) is 0 Å². The van der Waals surface area contributed by atoms with Crippen molar-refractivity contribution in [2.45, 2.75) is 4.90 Å². The molecule has 0 aliphatic rings. The summed E-state index contributed by atoms with van der Waals surface area (Å²) in [6, 6.07) is 5.45. The molecule has 1 aromatic carbocycles. The Bertz CT molecular complexity index is 777. The van der Waals surface area contributed by atoms with E-state index >= 15 is 0 Å². The molecule has 10 nitrogen and oxygen atoms in total. The molecule has 0 radical (unpaired) electrons. The SMILES string of the molecule is Nc1nc(N)c(N=Nc2ccc(S(N)(=O)=O)cc2)c(N)n1. The topological polar surface area (TPSA) is 189 Å². The number of nitrogens with zero attached hydrogens (tertiary/aromatic N) is 4. The molecule has 0 unspecified atom stereocenters. The molecule has 0 amide bonds. The maximum Gasteiger partial charge on any atom is 0.238 e. The Balaban J connectivity index is 2.30. The van der Waals surface area contributed by atoms with Gasteiger partial charge in [0.15, 0.2) is 17.3 Å². The van der Waals surface area contributed by atoms with Crippen molar-refractivity contribution in [3.63, 3.8) is 0 Å². The third-order valence-corrected chi connectivity index (χ3v) is 3.32. The highest BCUT2D eigenvalue weighted by atomic mass is 32.2. The fourth-order valence-electron chi connectivity index (χ4n) is 1.42. The predicted octanol–water partition coefficient (Wildman–Crippen LogP) is 0.286. The Hall–Kier alpha value is -2.79. The molecule has 2 aromatic rings. The van der Waals surface area contributed by atoms with E-state index in [9.17, 15) is 8.42 Å². The van der Waals surface area contributed by atoms with Gasteiger partial charge in [-0.1, -0.05) is 0 Å². The number of hydrogen-bond acceptors (Lipinski definition) is 9. The van der Waals surface area contributed by atoms with E-state index in [2.05, 4.69) is 20.2 Å². The molecule has 8 N–H and O–H groups in total. The van der Waals surface area contributed by atoms with Crippen LogP contribution in [0.1, 0.15) is 0 Å². The van der Waals surface area contributed by atoms with Gasteiger partial charge in [-0.05, 0) is 24.3 Å². The molecule has 1 aromatic heterocycles. The zero-order valence-corrected chi connectivity index (χ0v) is 11.4. The Morgan fingerprint density at radius 1 is 0.905 bits per heavy atom.